The Bertz CT molecular complexity index is 669. The summed E-state index contributed by atoms with van der Waals surface area (Å²) in [7, 11) is 0. The molecule has 0 radical (unpaired) electrons. The number of anilines is 3. The van der Waals surface area contributed by atoms with Gasteiger partial charge < -0.3 is 16.4 Å². The van der Waals surface area contributed by atoms with Crippen molar-refractivity contribution in [3.05, 3.63) is 47.8 Å². The standard InChI is InChI=1S/C16H18N4O/c1-10(11-4-6-18-7-5-11)19-15-9-14-12(8-13(15)17)2-3-16(21)20-14/h4-10,19H,2-3,17H2,1H3,(H,20,21). The number of amides is 1. The van der Waals surface area contributed by atoms with E-state index in [1.807, 2.05) is 24.3 Å². The van der Waals surface area contributed by atoms with Gasteiger partial charge in [-0.2, -0.15) is 0 Å². The molecule has 0 saturated carbocycles. The first kappa shape index (κ1) is 13.4. The summed E-state index contributed by atoms with van der Waals surface area (Å²) >= 11 is 0. The van der Waals surface area contributed by atoms with Gasteiger partial charge in [0.15, 0.2) is 0 Å². The van der Waals surface area contributed by atoms with Crippen LogP contribution >= 0.6 is 0 Å². The summed E-state index contributed by atoms with van der Waals surface area (Å²) in [4.78, 5) is 15.5. The number of aromatic nitrogens is 1. The smallest absolute Gasteiger partial charge is 0.224 e. The summed E-state index contributed by atoms with van der Waals surface area (Å²) in [5.41, 5.74) is 10.7. The van der Waals surface area contributed by atoms with E-state index in [-0.39, 0.29) is 11.9 Å². The fraction of sp³-hybridized carbons (Fsp3) is 0.250. The Morgan fingerprint density at radius 1 is 1.29 bits per heavy atom. The summed E-state index contributed by atoms with van der Waals surface area (Å²) in [5.74, 6) is 0.0559. The van der Waals surface area contributed by atoms with Crippen LogP contribution in [0.3, 0.4) is 0 Å². The van der Waals surface area contributed by atoms with Gasteiger partial charge in [-0.3, -0.25) is 9.78 Å². The minimum Gasteiger partial charge on any atom is -0.397 e. The first-order valence-electron chi connectivity index (χ1n) is 7.02. The third-order valence-corrected chi connectivity index (χ3v) is 3.75. The lowest BCUT2D eigenvalue weighted by molar-refractivity contribution is -0.116. The van der Waals surface area contributed by atoms with Gasteiger partial charge in [-0.25, -0.2) is 0 Å². The third kappa shape index (κ3) is 2.81. The van der Waals surface area contributed by atoms with Crippen molar-refractivity contribution < 1.29 is 4.79 Å². The second-order valence-electron chi connectivity index (χ2n) is 5.29. The van der Waals surface area contributed by atoms with E-state index in [0.717, 1.165) is 28.9 Å². The Balaban J connectivity index is 1.86. The molecule has 5 heteroatoms. The average Bonchev–Trinajstić information content (AvgIpc) is 2.49. The van der Waals surface area contributed by atoms with E-state index in [1.165, 1.54) is 0 Å². The lowest BCUT2D eigenvalue weighted by Gasteiger charge is -2.22. The van der Waals surface area contributed by atoms with Gasteiger partial charge in [0.05, 0.1) is 11.4 Å². The zero-order chi connectivity index (χ0) is 14.8. The number of carbonyl (C=O) groups is 1. The number of hydrogen-bond acceptors (Lipinski definition) is 4. The molecule has 4 N–H and O–H groups in total. The minimum atomic E-state index is 0.0559. The molecule has 2 aromatic rings. The van der Waals surface area contributed by atoms with E-state index >= 15 is 0 Å². The third-order valence-electron chi connectivity index (χ3n) is 3.75. The van der Waals surface area contributed by atoms with E-state index in [2.05, 4.69) is 22.5 Å². The predicted molar refractivity (Wildman–Crippen MR) is 84.1 cm³/mol. The second-order valence-corrected chi connectivity index (χ2v) is 5.29. The predicted octanol–water partition coefficient (Wildman–Crippen LogP) is 2.72. The number of nitrogen functional groups attached to an aromatic ring is 1. The molecular formula is C16H18N4O. The maximum absolute atomic E-state index is 11.5. The van der Waals surface area contributed by atoms with E-state index in [0.29, 0.717) is 12.1 Å². The molecule has 1 unspecified atom stereocenters. The normalized spacial score (nSPS) is 15.0. The zero-order valence-electron chi connectivity index (χ0n) is 11.9. The van der Waals surface area contributed by atoms with Crippen LogP contribution in [-0.4, -0.2) is 10.9 Å². The molecule has 1 amide bonds. The molecule has 21 heavy (non-hydrogen) atoms. The van der Waals surface area contributed by atoms with Crippen LogP contribution in [0.15, 0.2) is 36.7 Å². The SMILES string of the molecule is CC(Nc1cc2c(cc1N)CCC(=O)N2)c1ccncc1. The Labute approximate surface area is 123 Å². The fourth-order valence-electron chi connectivity index (χ4n) is 2.54. The summed E-state index contributed by atoms with van der Waals surface area (Å²) in [6.45, 7) is 2.06. The average molecular weight is 282 g/mol. The quantitative estimate of drug-likeness (QED) is 0.756. The molecule has 1 aliphatic rings. The van der Waals surface area contributed by atoms with Crippen molar-refractivity contribution in [3.63, 3.8) is 0 Å². The number of benzene rings is 1. The largest absolute Gasteiger partial charge is 0.397 e. The van der Waals surface area contributed by atoms with Crippen LogP contribution in [-0.2, 0) is 11.2 Å². The molecular weight excluding hydrogens is 264 g/mol. The van der Waals surface area contributed by atoms with Crippen LogP contribution in [0.1, 0.15) is 30.5 Å². The molecule has 0 aliphatic carbocycles. The maximum atomic E-state index is 11.5. The van der Waals surface area contributed by atoms with E-state index in [4.69, 9.17) is 5.73 Å². The van der Waals surface area contributed by atoms with Gasteiger partial charge >= 0.3 is 0 Å². The highest BCUT2D eigenvalue weighted by Gasteiger charge is 2.17. The van der Waals surface area contributed by atoms with Gasteiger partial charge in [0.2, 0.25) is 5.91 Å². The number of fused-ring (bicyclic) bond motifs is 1. The summed E-state index contributed by atoms with van der Waals surface area (Å²) in [6, 6.07) is 7.89. The highest BCUT2D eigenvalue weighted by Crippen LogP contribution is 2.32. The molecule has 108 valence electrons. The Hall–Kier alpha value is -2.56. The van der Waals surface area contributed by atoms with Gasteiger partial charge in [0.1, 0.15) is 0 Å². The Kier molecular flexibility index (Phi) is 3.48. The molecule has 1 aliphatic heterocycles. The summed E-state index contributed by atoms with van der Waals surface area (Å²) in [5, 5.41) is 6.28. The summed E-state index contributed by atoms with van der Waals surface area (Å²) in [6.07, 6.45) is 4.80. The highest BCUT2D eigenvalue weighted by molar-refractivity contribution is 5.95. The molecule has 1 aromatic carbocycles. The molecule has 3 rings (SSSR count). The van der Waals surface area contributed by atoms with Gasteiger partial charge in [0.25, 0.3) is 0 Å². The molecule has 0 bridgehead atoms. The van der Waals surface area contributed by atoms with Crippen LogP contribution in [0, 0.1) is 0 Å². The lowest BCUT2D eigenvalue weighted by atomic mass is 10.0. The van der Waals surface area contributed by atoms with Gasteiger partial charge in [-0.15, -0.1) is 0 Å². The van der Waals surface area contributed by atoms with Crippen molar-refractivity contribution in [1.29, 1.82) is 0 Å². The van der Waals surface area contributed by atoms with Crippen LogP contribution < -0.4 is 16.4 Å². The van der Waals surface area contributed by atoms with Crippen LogP contribution in [0.5, 0.6) is 0 Å². The molecule has 1 atom stereocenters. The number of nitrogens with two attached hydrogens (primary N) is 1. The molecule has 0 saturated heterocycles. The van der Waals surface area contributed by atoms with E-state index in [9.17, 15) is 4.79 Å². The number of nitrogens with zero attached hydrogens (tertiary/aromatic N) is 1. The summed E-state index contributed by atoms with van der Waals surface area (Å²) < 4.78 is 0. The number of rotatable bonds is 3. The number of aryl methyl sites for hydroxylation is 1. The fourth-order valence-corrected chi connectivity index (χ4v) is 2.54. The monoisotopic (exact) mass is 282 g/mol. The van der Waals surface area contributed by atoms with Crippen molar-refractivity contribution >= 4 is 23.0 Å². The lowest BCUT2D eigenvalue weighted by Crippen LogP contribution is -2.19. The minimum absolute atomic E-state index is 0.0559. The number of hydrogen-bond donors (Lipinski definition) is 3. The van der Waals surface area contributed by atoms with E-state index < -0.39 is 0 Å². The van der Waals surface area contributed by atoms with E-state index in [1.54, 1.807) is 12.4 Å². The zero-order valence-corrected chi connectivity index (χ0v) is 11.9. The topological polar surface area (TPSA) is 80.0 Å². The van der Waals surface area contributed by atoms with Crippen molar-refractivity contribution in [2.45, 2.75) is 25.8 Å². The molecule has 0 fully saturated rings. The van der Waals surface area contributed by atoms with Crippen LogP contribution in [0.2, 0.25) is 0 Å². The number of carbonyl (C=O) groups excluding carboxylic acids is 1. The van der Waals surface area contributed by atoms with Crippen molar-refractivity contribution in [2.24, 2.45) is 0 Å². The Morgan fingerprint density at radius 3 is 2.81 bits per heavy atom. The van der Waals surface area contributed by atoms with Crippen molar-refractivity contribution in [1.82, 2.24) is 4.98 Å². The highest BCUT2D eigenvalue weighted by atomic mass is 16.1. The molecule has 0 spiro atoms. The molecule has 2 heterocycles. The van der Waals surface area contributed by atoms with Crippen LogP contribution in [0.25, 0.3) is 0 Å². The van der Waals surface area contributed by atoms with Gasteiger partial charge in [-0.1, -0.05) is 0 Å². The first-order chi connectivity index (χ1) is 10.1. The molecule has 5 nitrogen and oxygen atoms in total. The number of pyridine rings is 1. The number of nitrogens with one attached hydrogen (secondary N) is 2. The van der Waals surface area contributed by atoms with Crippen molar-refractivity contribution in [2.75, 3.05) is 16.4 Å². The Morgan fingerprint density at radius 2 is 2.05 bits per heavy atom. The first-order valence-corrected chi connectivity index (χ1v) is 7.02. The second kappa shape index (κ2) is 5.44. The van der Waals surface area contributed by atoms with Crippen LogP contribution in [0.4, 0.5) is 17.1 Å². The van der Waals surface area contributed by atoms with Gasteiger partial charge in [-0.05, 0) is 48.7 Å². The molecule has 1 aromatic heterocycles. The van der Waals surface area contributed by atoms with Gasteiger partial charge in [0, 0.05) is 30.5 Å². The maximum Gasteiger partial charge on any atom is 0.224 e. The van der Waals surface area contributed by atoms with Crippen molar-refractivity contribution in [3.8, 4) is 0 Å².